The van der Waals surface area contributed by atoms with Gasteiger partial charge in [-0.15, -0.1) is 0 Å². The number of carbonyl (C=O) groups excluding carboxylic acids is 5. The maximum Gasteiger partial charge on any atom is 0.307 e. The zero-order valence-corrected chi connectivity index (χ0v) is 41.7. The summed E-state index contributed by atoms with van der Waals surface area (Å²) in [7, 11) is 0. The molecule has 3 aliphatic heterocycles. The van der Waals surface area contributed by atoms with Gasteiger partial charge in [0.05, 0.1) is 64.4 Å². The van der Waals surface area contributed by atoms with E-state index < -0.39 is 29.6 Å². The van der Waals surface area contributed by atoms with E-state index in [0.717, 1.165) is 61.4 Å². The summed E-state index contributed by atoms with van der Waals surface area (Å²) in [4.78, 5) is 92.2. The van der Waals surface area contributed by atoms with Crippen LogP contribution in [0.5, 0.6) is 0 Å². The molecule has 6 aromatic rings. The number of fused-ring (bicyclic) bond motifs is 3. The van der Waals surface area contributed by atoms with Crippen LogP contribution in [0.25, 0.3) is 33.1 Å². The number of hydrazine groups is 3. The number of rotatable bonds is 16. The zero-order chi connectivity index (χ0) is 54.7. The molecule has 6 aromatic heterocycles. The molecule has 3 aliphatic rings. The van der Waals surface area contributed by atoms with Gasteiger partial charge in [0.15, 0.2) is 0 Å². The highest BCUT2D eigenvalue weighted by Gasteiger charge is 2.30. The van der Waals surface area contributed by atoms with Crippen LogP contribution in [0.2, 0.25) is 0 Å². The van der Waals surface area contributed by atoms with E-state index in [0.29, 0.717) is 90.6 Å². The van der Waals surface area contributed by atoms with E-state index in [9.17, 15) is 28.8 Å². The number of aromatic nitrogens is 6. The van der Waals surface area contributed by atoms with Gasteiger partial charge in [-0.1, -0.05) is 0 Å². The first-order valence-electron chi connectivity index (χ1n) is 24.6. The molecule has 3 saturated heterocycles. The maximum absolute atomic E-state index is 12.2. The number of ketones is 2. The van der Waals surface area contributed by atoms with E-state index in [2.05, 4.69) is 51.9 Å². The largest absolute Gasteiger partial charge is 0.481 e. The summed E-state index contributed by atoms with van der Waals surface area (Å²) >= 11 is 0. The van der Waals surface area contributed by atoms with Gasteiger partial charge in [-0.25, -0.2) is 30.0 Å². The Morgan fingerprint density at radius 3 is 1.17 bits per heavy atom. The second kappa shape index (κ2) is 27.3. The number of nitriles is 3. The van der Waals surface area contributed by atoms with Gasteiger partial charge in [0, 0.05) is 130 Å². The molecular formula is C50H61N19O7. The van der Waals surface area contributed by atoms with Gasteiger partial charge in [-0.05, 0) is 56.7 Å². The quantitative estimate of drug-likeness (QED) is 0.0619. The smallest absolute Gasteiger partial charge is 0.307 e. The SMILES string of the molecule is N#CCCC(=O)[C@H]1CCCN(Nc2c(C(N)=O)cnc3[nH]ccc23)C1.N#CCCC(=O)[C@H]1CCCN(Nc2c(C(N)=O)cnc3[nH]ccc23)C1.N#CCN.NC(=O)c1cnc2[nH]ccc2c1NN1CCC[C@H](C(=O)O)C1. The first-order valence-corrected chi connectivity index (χ1v) is 24.6. The van der Waals surface area contributed by atoms with Crippen LogP contribution >= 0.6 is 0 Å². The number of amides is 3. The van der Waals surface area contributed by atoms with Crippen molar-refractivity contribution in [1.29, 1.82) is 15.8 Å². The lowest BCUT2D eigenvalue weighted by molar-refractivity contribution is -0.143. The second-order valence-electron chi connectivity index (χ2n) is 18.1. The number of aromatic amines is 3. The fraction of sp³-hybridized carbons (Fsp3) is 0.400. The Bertz CT molecular complexity index is 3020. The van der Waals surface area contributed by atoms with Crippen molar-refractivity contribution in [3.8, 4) is 18.2 Å². The topological polar surface area (TPSA) is 430 Å². The van der Waals surface area contributed by atoms with Gasteiger partial charge in [0.1, 0.15) is 28.5 Å². The summed E-state index contributed by atoms with van der Waals surface area (Å²) in [5, 5.41) is 41.9. The Labute approximate surface area is 436 Å². The molecule has 0 spiro atoms. The van der Waals surface area contributed by atoms with Crippen LogP contribution in [0, 0.1) is 51.7 Å². The minimum Gasteiger partial charge on any atom is -0.481 e. The van der Waals surface area contributed by atoms with E-state index in [1.54, 1.807) is 30.7 Å². The van der Waals surface area contributed by atoms with Gasteiger partial charge in [-0.3, -0.25) is 28.8 Å². The first kappa shape index (κ1) is 56.3. The predicted molar refractivity (Wildman–Crippen MR) is 280 cm³/mol. The molecule has 0 saturated carbocycles. The van der Waals surface area contributed by atoms with Crippen LogP contribution in [0.1, 0.15) is 95.3 Å². The average molecular weight is 1040 g/mol. The summed E-state index contributed by atoms with van der Waals surface area (Å²) in [5.74, 6) is -2.89. The Hall–Kier alpha value is -9.00. The van der Waals surface area contributed by atoms with Crippen LogP contribution < -0.4 is 39.2 Å². The zero-order valence-electron chi connectivity index (χ0n) is 41.7. The van der Waals surface area contributed by atoms with Crippen LogP contribution in [0.3, 0.4) is 0 Å². The summed E-state index contributed by atoms with van der Waals surface area (Å²) in [6.45, 7) is 3.80. The van der Waals surface area contributed by atoms with Crippen LogP contribution in [-0.2, 0) is 14.4 Å². The Kier molecular flexibility index (Phi) is 20.2. The number of piperidine rings is 3. The Balaban J connectivity index is 0.000000179. The monoisotopic (exact) mass is 1040 g/mol. The summed E-state index contributed by atoms with van der Waals surface area (Å²) in [5.41, 5.74) is 35.3. The van der Waals surface area contributed by atoms with Crippen LogP contribution in [-0.4, -0.2) is 131 Å². The van der Waals surface area contributed by atoms with E-state index in [1.807, 2.05) is 39.3 Å². The van der Waals surface area contributed by atoms with Crippen molar-refractivity contribution in [1.82, 2.24) is 44.9 Å². The van der Waals surface area contributed by atoms with Crippen molar-refractivity contribution in [3.63, 3.8) is 0 Å². The number of primary amides is 3. The average Bonchev–Trinajstić information content (AvgIpc) is 4.24. The molecular weight excluding hydrogens is 979 g/mol. The number of pyridine rings is 3. The number of anilines is 3. The fourth-order valence-electron chi connectivity index (χ4n) is 9.15. The van der Waals surface area contributed by atoms with Crippen molar-refractivity contribution in [2.45, 2.75) is 64.2 Å². The van der Waals surface area contributed by atoms with Crippen molar-refractivity contribution in [3.05, 3.63) is 72.1 Å². The molecule has 3 amide bonds. The summed E-state index contributed by atoms with van der Waals surface area (Å²) < 4.78 is 0. The third kappa shape index (κ3) is 14.6. The summed E-state index contributed by atoms with van der Waals surface area (Å²) in [6, 6.07) is 11.2. The van der Waals surface area contributed by atoms with Crippen molar-refractivity contribution < 1.29 is 33.9 Å². The Morgan fingerprint density at radius 1 is 0.566 bits per heavy atom. The number of hydrogen-bond donors (Lipinski definition) is 11. The molecule has 3 atom stereocenters. The number of nitrogens with two attached hydrogens (primary N) is 4. The first-order chi connectivity index (χ1) is 36.7. The molecule has 9 heterocycles. The van der Waals surface area contributed by atoms with Gasteiger partial charge >= 0.3 is 5.97 Å². The number of Topliss-reactive ketones (excluding diaryl/α,β-unsaturated/α-hetero) is 2. The lowest BCUT2D eigenvalue weighted by Gasteiger charge is -2.33. The molecule has 76 heavy (non-hydrogen) atoms. The van der Waals surface area contributed by atoms with Gasteiger partial charge in [-0.2, -0.15) is 15.8 Å². The predicted octanol–water partition coefficient (Wildman–Crippen LogP) is 3.40. The number of nitrogens with one attached hydrogen (secondary N) is 6. The van der Waals surface area contributed by atoms with E-state index in [4.69, 9.17) is 38.1 Å². The number of carbonyl (C=O) groups is 6. The minimum absolute atomic E-state index is 0.102. The molecule has 0 aliphatic carbocycles. The molecule has 0 radical (unpaired) electrons. The third-order valence-corrected chi connectivity index (χ3v) is 12.9. The third-order valence-electron chi connectivity index (χ3n) is 12.9. The normalized spacial score (nSPS) is 17.6. The minimum atomic E-state index is -0.803. The van der Waals surface area contributed by atoms with Crippen molar-refractivity contribution in [2.75, 3.05) is 62.1 Å². The molecule has 26 heteroatoms. The number of carboxylic acid groups (broad SMARTS) is 1. The van der Waals surface area contributed by atoms with Crippen LogP contribution in [0.15, 0.2) is 55.4 Å². The number of carboxylic acids is 1. The lowest BCUT2D eigenvalue weighted by Crippen LogP contribution is -2.42. The highest BCUT2D eigenvalue weighted by molar-refractivity contribution is 6.07. The molecule has 15 N–H and O–H groups in total. The van der Waals surface area contributed by atoms with E-state index >= 15 is 0 Å². The molecule has 398 valence electrons. The number of nitrogens with zero attached hydrogens (tertiary/aromatic N) is 9. The van der Waals surface area contributed by atoms with Gasteiger partial charge < -0.3 is 59.3 Å². The number of aliphatic carboxylic acids is 1. The van der Waals surface area contributed by atoms with Gasteiger partial charge in [0.25, 0.3) is 17.7 Å². The van der Waals surface area contributed by atoms with Crippen molar-refractivity contribution >= 4 is 85.4 Å². The number of H-pyrrole nitrogens is 3. The molecule has 0 unspecified atom stereocenters. The molecule has 3 fully saturated rings. The maximum atomic E-state index is 12.2. The highest BCUT2D eigenvalue weighted by atomic mass is 16.4. The molecule has 0 aromatic carbocycles. The molecule has 9 rings (SSSR count). The van der Waals surface area contributed by atoms with Crippen molar-refractivity contribution in [2.24, 2.45) is 40.7 Å². The Morgan fingerprint density at radius 2 is 0.882 bits per heavy atom. The standard InChI is InChI=1S/2C17H20N6O2.C14H17N5O3.C2H4N2/c2*18-6-1-4-14(24)11-3-2-8-23(10-11)22-15-12-5-7-20-17(12)21-9-13(15)16(19)25;15-12(20)10-6-17-13-9(3-4-16-13)11(10)18-19-5-1-2-8(7-19)14(21)22;3-1-2-4/h2*5,7,9,11H,1-4,8,10H2,(H2,19,25)(H2,20,21,22);3-4,6,8H,1-2,5,7H2,(H2,15,20)(H,21,22)(H2,16,17,18);1,3H2/t2*11-;8-;/m000./s1. The van der Waals surface area contributed by atoms with E-state index in [-0.39, 0.29) is 48.4 Å². The second-order valence-corrected chi connectivity index (χ2v) is 18.1. The van der Waals surface area contributed by atoms with E-state index in [1.165, 1.54) is 18.6 Å². The highest BCUT2D eigenvalue weighted by Crippen LogP contribution is 2.31. The van der Waals surface area contributed by atoms with Crippen LogP contribution in [0.4, 0.5) is 17.1 Å². The number of hydrogen-bond acceptors (Lipinski definition) is 19. The fourth-order valence-corrected chi connectivity index (χ4v) is 9.15. The molecule has 0 bridgehead atoms. The van der Waals surface area contributed by atoms with Gasteiger partial charge in [0.2, 0.25) is 0 Å². The molecule has 26 nitrogen and oxygen atoms in total. The lowest BCUT2D eigenvalue weighted by atomic mass is 9.92. The summed E-state index contributed by atoms with van der Waals surface area (Å²) in [6.07, 6.45) is 15.4.